The van der Waals surface area contributed by atoms with Gasteiger partial charge in [-0.15, -0.1) is 10.2 Å². The van der Waals surface area contributed by atoms with E-state index in [1.807, 2.05) is 70.4 Å². The summed E-state index contributed by atoms with van der Waals surface area (Å²) in [6.45, 7) is 18.1. The molecule has 0 atom stereocenters. The molecule has 3 heterocycles. The number of aryl methyl sites for hydroxylation is 3. The van der Waals surface area contributed by atoms with Crippen molar-refractivity contribution < 1.29 is 9.13 Å². The number of ether oxygens (including phenoxy) is 1. The Bertz CT molecular complexity index is 1210. The van der Waals surface area contributed by atoms with Gasteiger partial charge in [0.2, 0.25) is 0 Å². The van der Waals surface area contributed by atoms with Crippen molar-refractivity contribution in [2.24, 2.45) is 5.92 Å². The second-order valence-corrected chi connectivity index (χ2v) is 8.13. The fourth-order valence-corrected chi connectivity index (χ4v) is 3.39. The van der Waals surface area contributed by atoms with Crippen LogP contribution < -0.4 is 4.74 Å². The van der Waals surface area contributed by atoms with Gasteiger partial charge in [-0.3, -0.25) is 9.55 Å². The Hall–Kier alpha value is -3.68. The van der Waals surface area contributed by atoms with Gasteiger partial charge in [0, 0.05) is 23.9 Å². The molecule has 0 spiro atoms. The summed E-state index contributed by atoms with van der Waals surface area (Å²) in [5.74, 6) is 3.25. The van der Waals surface area contributed by atoms with E-state index < -0.39 is 0 Å². The maximum Gasteiger partial charge on any atom is 0.168 e. The molecule has 0 fully saturated rings. The summed E-state index contributed by atoms with van der Waals surface area (Å²) >= 11 is 0. The van der Waals surface area contributed by atoms with Gasteiger partial charge in [0.05, 0.1) is 25.2 Å². The second-order valence-electron chi connectivity index (χ2n) is 8.13. The number of hydrogen-bond acceptors (Lipinski definition) is 6. The molecule has 0 aliphatic heterocycles. The lowest BCUT2D eigenvalue weighted by Crippen LogP contribution is -2.05. The van der Waals surface area contributed by atoms with Crippen molar-refractivity contribution in [1.29, 1.82) is 0 Å². The fourth-order valence-electron chi connectivity index (χ4n) is 3.39. The molecule has 0 unspecified atom stereocenters. The van der Waals surface area contributed by atoms with E-state index in [1.165, 1.54) is 12.4 Å². The van der Waals surface area contributed by atoms with E-state index in [0.29, 0.717) is 11.7 Å². The minimum Gasteiger partial charge on any atom is -0.495 e. The smallest absolute Gasteiger partial charge is 0.168 e. The van der Waals surface area contributed by atoms with Gasteiger partial charge in [0.25, 0.3) is 0 Å². The first-order valence-corrected chi connectivity index (χ1v) is 12.8. The number of nitrogens with zero attached hydrogens (tertiary/aromatic N) is 6. The molecule has 0 aliphatic carbocycles. The van der Waals surface area contributed by atoms with Gasteiger partial charge in [0.15, 0.2) is 11.6 Å². The lowest BCUT2D eigenvalue weighted by molar-refractivity contribution is 0.412. The monoisotopic (exact) mass is 508 g/mol. The van der Waals surface area contributed by atoms with Crippen LogP contribution in [0.25, 0.3) is 17.1 Å². The molecule has 0 radical (unpaired) electrons. The van der Waals surface area contributed by atoms with Crippen LogP contribution in [0, 0.1) is 32.5 Å². The molecule has 8 heteroatoms. The molecule has 7 nitrogen and oxygen atoms in total. The SMILES string of the molecule is CC.CC.CC(C)Cc1ncc(F)cn1.COc1cccc(C)c1-n1c(C)nnc1-c1ccnc(C)c1. The van der Waals surface area contributed by atoms with Gasteiger partial charge < -0.3 is 4.74 Å². The third kappa shape index (κ3) is 9.04. The van der Waals surface area contributed by atoms with Crippen molar-refractivity contribution in [2.45, 2.75) is 68.7 Å². The third-order valence-electron chi connectivity index (χ3n) is 4.89. The molecular formula is C29H41FN6O. The van der Waals surface area contributed by atoms with Crippen molar-refractivity contribution in [1.82, 2.24) is 29.7 Å². The largest absolute Gasteiger partial charge is 0.495 e. The zero-order valence-electron chi connectivity index (χ0n) is 23.9. The summed E-state index contributed by atoms with van der Waals surface area (Å²) in [4.78, 5) is 11.9. The Morgan fingerprint density at radius 2 is 1.57 bits per heavy atom. The molecule has 0 amide bonds. The average Bonchev–Trinajstić information content (AvgIpc) is 3.28. The van der Waals surface area contributed by atoms with Crippen LogP contribution in [0.1, 0.15) is 64.4 Å². The number of pyridine rings is 1. The van der Waals surface area contributed by atoms with Crippen LogP contribution in [0.3, 0.4) is 0 Å². The van der Waals surface area contributed by atoms with Gasteiger partial charge in [-0.05, 0) is 50.5 Å². The van der Waals surface area contributed by atoms with Gasteiger partial charge in [-0.1, -0.05) is 53.7 Å². The summed E-state index contributed by atoms with van der Waals surface area (Å²) < 4.78 is 19.9. The molecule has 200 valence electrons. The number of benzene rings is 1. The molecule has 0 aliphatic rings. The quantitative estimate of drug-likeness (QED) is 0.285. The molecule has 0 saturated heterocycles. The molecular weight excluding hydrogens is 467 g/mol. The van der Waals surface area contributed by atoms with Gasteiger partial charge in [-0.25, -0.2) is 14.4 Å². The standard InChI is InChI=1S/C17H18N4O.C8H11FN2.2C2H6/c1-11-6-5-7-15(22-4)16(11)21-13(3)19-20-17(21)14-8-9-18-12(2)10-14;1-6(2)3-8-10-4-7(9)5-11-8;2*1-2/h5-10H,1-4H3;4-6H,3H2,1-2H3;2*1-2H3. The third-order valence-corrected chi connectivity index (χ3v) is 4.89. The van der Waals surface area contributed by atoms with E-state index in [0.717, 1.165) is 46.3 Å². The highest BCUT2D eigenvalue weighted by Crippen LogP contribution is 2.31. The topological polar surface area (TPSA) is 78.6 Å². The minimum atomic E-state index is -0.377. The summed E-state index contributed by atoms with van der Waals surface area (Å²) in [5, 5.41) is 8.60. The highest BCUT2D eigenvalue weighted by Gasteiger charge is 2.18. The second kappa shape index (κ2) is 16.1. The molecule has 37 heavy (non-hydrogen) atoms. The Labute approximate surface area is 221 Å². The molecule has 1 aromatic carbocycles. The van der Waals surface area contributed by atoms with Gasteiger partial charge in [-0.2, -0.15) is 0 Å². The Morgan fingerprint density at radius 1 is 0.919 bits per heavy atom. The first-order valence-electron chi connectivity index (χ1n) is 12.8. The maximum atomic E-state index is 12.3. The molecule has 0 bridgehead atoms. The first kappa shape index (κ1) is 31.4. The molecule has 4 aromatic rings. The van der Waals surface area contributed by atoms with E-state index in [4.69, 9.17) is 4.74 Å². The van der Waals surface area contributed by atoms with Crippen molar-refractivity contribution in [3.05, 3.63) is 77.6 Å². The number of rotatable bonds is 5. The van der Waals surface area contributed by atoms with E-state index in [2.05, 4.69) is 52.0 Å². The van der Waals surface area contributed by atoms with E-state index in [9.17, 15) is 4.39 Å². The predicted octanol–water partition coefficient (Wildman–Crippen LogP) is 7.13. The fraction of sp³-hybridized carbons (Fsp3) is 0.414. The summed E-state index contributed by atoms with van der Waals surface area (Å²) in [6, 6.07) is 9.93. The zero-order chi connectivity index (χ0) is 28.0. The van der Waals surface area contributed by atoms with Crippen LogP contribution >= 0.6 is 0 Å². The van der Waals surface area contributed by atoms with Gasteiger partial charge in [0.1, 0.15) is 17.4 Å². The number of hydrogen-bond donors (Lipinski definition) is 0. The minimum absolute atomic E-state index is 0.377. The first-order chi connectivity index (χ1) is 17.8. The highest BCUT2D eigenvalue weighted by atomic mass is 19.1. The number of halogens is 1. The molecule has 3 aromatic heterocycles. The van der Waals surface area contributed by atoms with Crippen LogP contribution in [0.4, 0.5) is 4.39 Å². The normalized spacial score (nSPS) is 9.84. The van der Waals surface area contributed by atoms with Crippen LogP contribution in [-0.4, -0.2) is 36.8 Å². The van der Waals surface area contributed by atoms with Crippen LogP contribution in [-0.2, 0) is 6.42 Å². The van der Waals surface area contributed by atoms with E-state index in [-0.39, 0.29) is 5.82 Å². The molecule has 4 rings (SSSR count). The zero-order valence-corrected chi connectivity index (χ0v) is 23.9. The lowest BCUT2D eigenvalue weighted by atomic mass is 10.1. The maximum absolute atomic E-state index is 12.3. The van der Waals surface area contributed by atoms with Crippen molar-refractivity contribution >= 4 is 0 Å². The number of methoxy groups -OCH3 is 1. The van der Waals surface area contributed by atoms with Crippen LogP contribution in [0.2, 0.25) is 0 Å². The van der Waals surface area contributed by atoms with Crippen molar-refractivity contribution in [3.63, 3.8) is 0 Å². The average molecular weight is 509 g/mol. The van der Waals surface area contributed by atoms with E-state index in [1.54, 1.807) is 13.3 Å². The van der Waals surface area contributed by atoms with Gasteiger partial charge >= 0.3 is 0 Å². The Kier molecular flexibility index (Phi) is 13.7. The molecule has 0 N–H and O–H groups in total. The molecule has 0 saturated carbocycles. The Balaban J connectivity index is 0.000000385. The predicted molar refractivity (Wildman–Crippen MR) is 149 cm³/mol. The van der Waals surface area contributed by atoms with Crippen molar-refractivity contribution in [2.75, 3.05) is 7.11 Å². The summed E-state index contributed by atoms with van der Waals surface area (Å²) in [7, 11) is 1.67. The lowest BCUT2D eigenvalue weighted by Gasteiger charge is -2.15. The highest BCUT2D eigenvalue weighted by molar-refractivity contribution is 5.63. The Morgan fingerprint density at radius 3 is 2.14 bits per heavy atom. The van der Waals surface area contributed by atoms with E-state index >= 15 is 0 Å². The number of aromatic nitrogens is 6. The number of para-hydroxylation sites is 1. The van der Waals surface area contributed by atoms with Crippen molar-refractivity contribution in [3.8, 4) is 22.8 Å². The summed E-state index contributed by atoms with van der Waals surface area (Å²) in [5.41, 5.74) is 4.01. The van der Waals surface area contributed by atoms with Crippen LogP contribution in [0.5, 0.6) is 5.75 Å². The summed E-state index contributed by atoms with van der Waals surface area (Å²) in [6.07, 6.45) is 4.99. The van der Waals surface area contributed by atoms with Crippen LogP contribution in [0.15, 0.2) is 48.9 Å².